The number of hydrogen-bond donors (Lipinski definition) is 0. The van der Waals surface area contributed by atoms with Gasteiger partial charge >= 0.3 is 7.80 Å². The molecule has 0 aliphatic rings. The molecule has 84 valence electrons. The predicted molar refractivity (Wildman–Crippen MR) is 65.4 cm³/mol. The molecule has 0 aliphatic carbocycles. The summed E-state index contributed by atoms with van der Waals surface area (Å²) in [4.78, 5) is 0. The molecule has 0 aliphatic heterocycles. The van der Waals surface area contributed by atoms with Crippen molar-refractivity contribution in [3.63, 3.8) is 0 Å². The molecule has 0 radical (unpaired) electrons. The average molecular weight is 217 g/mol. The van der Waals surface area contributed by atoms with Gasteiger partial charge in [-0.25, -0.2) is 0 Å². The lowest BCUT2D eigenvalue weighted by atomic mass is 9.98. The first-order chi connectivity index (χ1) is 6.04. The summed E-state index contributed by atoms with van der Waals surface area (Å²) >= 11 is 0. The molecule has 0 bridgehead atoms. The molecule has 0 heterocycles. The molecule has 0 amide bonds. The first-order valence-electron chi connectivity index (χ1n) is 5.52. The quantitative estimate of drug-likeness (QED) is 0.625. The van der Waals surface area contributed by atoms with Crippen LogP contribution >= 0.6 is 7.80 Å². The van der Waals surface area contributed by atoms with E-state index in [2.05, 4.69) is 55.4 Å². The molecule has 0 aromatic rings. The van der Waals surface area contributed by atoms with Gasteiger partial charge in [0.25, 0.3) is 0 Å². The highest BCUT2D eigenvalue weighted by Gasteiger charge is 2.53. The monoisotopic (exact) mass is 217 g/mol. The van der Waals surface area contributed by atoms with Crippen LogP contribution in [0.1, 0.15) is 55.4 Å². The van der Waals surface area contributed by atoms with E-state index >= 15 is 0 Å². The van der Waals surface area contributed by atoms with E-state index in [-0.39, 0.29) is 10.3 Å². The van der Waals surface area contributed by atoms with Gasteiger partial charge < -0.3 is 0 Å². The summed E-state index contributed by atoms with van der Waals surface area (Å²) < 4.78 is 12.5. The lowest BCUT2D eigenvalue weighted by Crippen LogP contribution is -2.34. The Morgan fingerprint density at radius 1 is 0.786 bits per heavy atom. The molecule has 0 aromatic heterocycles. The van der Waals surface area contributed by atoms with Crippen LogP contribution in [0.3, 0.4) is 0 Å². The van der Waals surface area contributed by atoms with Crippen LogP contribution in [0.5, 0.6) is 0 Å². The van der Waals surface area contributed by atoms with E-state index in [4.69, 9.17) is 0 Å². The molecule has 2 heteroatoms. The minimum atomic E-state index is -1.20. The van der Waals surface area contributed by atoms with Gasteiger partial charge in [0, 0.05) is 11.8 Å². The van der Waals surface area contributed by atoms with Crippen molar-refractivity contribution in [2.75, 3.05) is 0 Å². The van der Waals surface area contributed by atoms with Crippen molar-refractivity contribution in [3.8, 4) is 0 Å². The van der Waals surface area contributed by atoms with Crippen LogP contribution in [-0.4, -0.2) is 10.3 Å². The lowest BCUT2D eigenvalue weighted by Gasteiger charge is -2.28. The van der Waals surface area contributed by atoms with Crippen molar-refractivity contribution in [2.24, 2.45) is 11.8 Å². The van der Waals surface area contributed by atoms with Crippen molar-refractivity contribution >= 4 is 7.80 Å². The van der Waals surface area contributed by atoms with E-state index in [1.54, 1.807) is 0 Å². The van der Waals surface area contributed by atoms with E-state index < -0.39 is 7.80 Å². The molecule has 14 heavy (non-hydrogen) atoms. The van der Waals surface area contributed by atoms with Crippen molar-refractivity contribution in [3.05, 3.63) is 0 Å². The Morgan fingerprint density at radius 2 is 1.00 bits per heavy atom. The summed E-state index contributed by atoms with van der Waals surface area (Å²) in [6.07, 6.45) is 0. The normalized spacial score (nSPS) is 13.9. The molecule has 0 atom stereocenters. The first-order valence-corrected chi connectivity index (χ1v) is 6.78. The lowest BCUT2D eigenvalue weighted by molar-refractivity contribution is 0.412. The Labute approximate surface area is 90.5 Å². The van der Waals surface area contributed by atoms with E-state index in [0.717, 1.165) is 0 Å². The molecule has 0 saturated heterocycles. The molecule has 0 fully saturated rings. The van der Waals surface area contributed by atoms with Crippen LogP contribution in [0.4, 0.5) is 0 Å². The molecule has 0 N–H and O–H groups in total. The molecular formula is C12H26OP+. The van der Waals surface area contributed by atoms with Crippen LogP contribution in [0.15, 0.2) is 0 Å². The maximum Gasteiger partial charge on any atom is 0.350 e. The summed E-state index contributed by atoms with van der Waals surface area (Å²) in [5.41, 5.74) is 0. The van der Waals surface area contributed by atoms with E-state index in [1.165, 1.54) is 0 Å². The summed E-state index contributed by atoms with van der Waals surface area (Å²) in [6, 6.07) is 0. The molecule has 1 nitrogen and oxygen atoms in total. The minimum Gasteiger partial charge on any atom is -0.0736 e. The molecule has 0 unspecified atom stereocenters. The van der Waals surface area contributed by atoms with Crippen LogP contribution in [0.2, 0.25) is 0 Å². The van der Waals surface area contributed by atoms with Gasteiger partial charge in [0.1, 0.15) is 0 Å². The second-order valence-corrected chi connectivity index (χ2v) is 8.81. The largest absolute Gasteiger partial charge is 0.350 e. The second kappa shape index (κ2) is 4.31. The number of rotatable bonds is 4. The molecule has 0 rings (SSSR count). The highest BCUT2D eigenvalue weighted by atomic mass is 31.1. The van der Waals surface area contributed by atoms with Gasteiger partial charge in [0.15, 0.2) is 10.3 Å². The Morgan fingerprint density at radius 3 is 1.14 bits per heavy atom. The number of hydrogen-bond acceptors (Lipinski definition) is 1. The van der Waals surface area contributed by atoms with Gasteiger partial charge in [-0.15, -0.1) is 0 Å². The van der Waals surface area contributed by atoms with Gasteiger partial charge in [0.2, 0.25) is 0 Å². The van der Waals surface area contributed by atoms with Crippen LogP contribution in [0, 0.1) is 11.8 Å². The van der Waals surface area contributed by atoms with E-state index in [1.807, 2.05) is 0 Å². The highest BCUT2D eigenvalue weighted by Crippen LogP contribution is 2.55. The Hall–Kier alpha value is 0.100. The highest BCUT2D eigenvalue weighted by molar-refractivity contribution is 7.48. The molecule has 0 saturated carbocycles. The van der Waals surface area contributed by atoms with Gasteiger partial charge in [0.05, 0.1) is 0 Å². The van der Waals surface area contributed by atoms with Gasteiger partial charge in [-0.1, -0.05) is 32.3 Å². The fourth-order valence-corrected chi connectivity index (χ4v) is 3.64. The fraction of sp³-hybridized carbons (Fsp3) is 1.00. The maximum atomic E-state index is 12.5. The summed E-state index contributed by atoms with van der Waals surface area (Å²) in [5, 5.41) is -0.133. The van der Waals surface area contributed by atoms with Crippen molar-refractivity contribution in [1.82, 2.24) is 0 Å². The standard InChI is InChI=1S/C12H26OP/c1-9(2)11(5,6)14(13)12(7,8)10(3)4/h9-10H,1-8H3/q+1. The van der Waals surface area contributed by atoms with E-state index in [0.29, 0.717) is 11.8 Å². The van der Waals surface area contributed by atoms with Crippen molar-refractivity contribution in [2.45, 2.75) is 65.7 Å². The van der Waals surface area contributed by atoms with E-state index in [9.17, 15) is 4.57 Å². The summed E-state index contributed by atoms with van der Waals surface area (Å²) in [7, 11) is -1.20. The molecule has 0 aromatic carbocycles. The summed E-state index contributed by atoms with van der Waals surface area (Å²) in [6.45, 7) is 17.1. The van der Waals surface area contributed by atoms with Gasteiger partial charge in [-0.3, -0.25) is 0 Å². The first kappa shape index (κ1) is 14.1. The Balaban J connectivity index is 4.96. The predicted octanol–water partition coefficient (Wildman–Crippen LogP) is 4.68. The smallest absolute Gasteiger partial charge is 0.0736 e. The van der Waals surface area contributed by atoms with Crippen LogP contribution in [-0.2, 0) is 4.57 Å². The van der Waals surface area contributed by atoms with Crippen molar-refractivity contribution < 1.29 is 4.57 Å². The Bertz CT molecular complexity index is 192. The summed E-state index contributed by atoms with van der Waals surface area (Å²) in [5.74, 6) is 0.924. The van der Waals surface area contributed by atoms with Gasteiger partial charge in [-0.05, 0) is 27.7 Å². The van der Waals surface area contributed by atoms with Crippen molar-refractivity contribution in [1.29, 1.82) is 0 Å². The second-order valence-electron chi connectivity index (χ2n) is 5.91. The third-order valence-corrected chi connectivity index (χ3v) is 7.00. The SMILES string of the molecule is CC(C)C(C)(C)[P+](=O)C(C)(C)C(C)C. The third-order valence-electron chi connectivity index (χ3n) is 3.87. The topological polar surface area (TPSA) is 17.1 Å². The zero-order valence-electron chi connectivity index (χ0n) is 11.0. The molecular weight excluding hydrogens is 191 g/mol. The average Bonchev–Trinajstić information content (AvgIpc) is 2.02. The van der Waals surface area contributed by atoms with Crippen LogP contribution in [0.25, 0.3) is 0 Å². The zero-order valence-corrected chi connectivity index (χ0v) is 11.9. The van der Waals surface area contributed by atoms with Crippen LogP contribution < -0.4 is 0 Å². The minimum absolute atomic E-state index is 0.0664. The zero-order chi connectivity index (χ0) is 11.7. The van der Waals surface area contributed by atoms with Gasteiger partial charge in [-0.2, -0.15) is 0 Å². The maximum absolute atomic E-state index is 12.5. The Kier molecular flexibility index (Phi) is 4.34. The fourth-order valence-electron chi connectivity index (χ4n) is 1.21. The third kappa shape index (κ3) is 2.57. The molecule has 0 spiro atoms.